The third kappa shape index (κ3) is 4.68. The molecular formula is C22H22N4O3S2. The number of hydrogen-bond donors (Lipinski definition) is 2. The number of carbonyl (C=O) groups excluding carboxylic acids is 1. The number of para-hydroxylation sites is 2. The van der Waals surface area contributed by atoms with Crippen molar-refractivity contribution < 1.29 is 13.2 Å². The van der Waals surface area contributed by atoms with Crippen LogP contribution in [0, 0.1) is 0 Å². The Morgan fingerprint density at radius 3 is 2.71 bits per heavy atom. The van der Waals surface area contributed by atoms with Crippen LogP contribution in [0.15, 0.2) is 70.9 Å². The van der Waals surface area contributed by atoms with Crippen LogP contribution in [0.25, 0.3) is 11.0 Å². The van der Waals surface area contributed by atoms with E-state index < -0.39 is 15.9 Å². The van der Waals surface area contributed by atoms with E-state index in [0.29, 0.717) is 12.5 Å². The van der Waals surface area contributed by atoms with Gasteiger partial charge >= 0.3 is 0 Å². The predicted molar refractivity (Wildman–Crippen MR) is 123 cm³/mol. The summed E-state index contributed by atoms with van der Waals surface area (Å²) in [7, 11) is -3.75. The van der Waals surface area contributed by atoms with Crippen molar-refractivity contribution in [2.45, 2.75) is 31.3 Å². The third-order valence-corrected chi connectivity index (χ3v) is 7.03. The zero-order valence-corrected chi connectivity index (χ0v) is 18.5. The van der Waals surface area contributed by atoms with Crippen LogP contribution in [0.2, 0.25) is 0 Å². The fraction of sp³-hybridized carbons (Fsp3) is 0.182. The van der Waals surface area contributed by atoms with E-state index in [4.69, 9.17) is 0 Å². The number of carbonyl (C=O) groups is 1. The largest absolute Gasteiger partial charge is 0.310 e. The van der Waals surface area contributed by atoms with Crippen molar-refractivity contribution in [1.82, 2.24) is 14.3 Å². The van der Waals surface area contributed by atoms with Gasteiger partial charge < -0.3 is 4.57 Å². The second kappa shape index (κ2) is 9.01. The molecule has 0 saturated carbocycles. The number of aryl methyl sites for hydroxylation is 1. The van der Waals surface area contributed by atoms with E-state index in [1.54, 1.807) is 12.1 Å². The SMILES string of the molecule is CCCn1c(NC(=O)c2cccc(S(=O)(=O)NCc3cccs3)c2)nc2ccccc21. The summed E-state index contributed by atoms with van der Waals surface area (Å²) in [6.07, 6.45) is 0.882. The van der Waals surface area contributed by atoms with Crippen molar-refractivity contribution in [1.29, 1.82) is 0 Å². The Bertz CT molecular complexity index is 1310. The van der Waals surface area contributed by atoms with Gasteiger partial charge in [0.05, 0.1) is 15.9 Å². The van der Waals surface area contributed by atoms with Gasteiger partial charge in [-0.1, -0.05) is 31.2 Å². The molecule has 0 unspecified atom stereocenters. The van der Waals surface area contributed by atoms with E-state index in [1.165, 1.54) is 23.5 Å². The number of thiophene rings is 1. The molecule has 1 amide bonds. The quantitative estimate of drug-likeness (QED) is 0.416. The number of rotatable bonds is 8. The van der Waals surface area contributed by atoms with Crippen LogP contribution < -0.4 is 10.0 Å². The van der Waals surface area contributed by atoms with Gasteiger partial charge in [-0.2, -0.15) is 0 Å². The fourth-order valence-corrected chi connectivity index (χ4v) is 5.05. The molecule has 2 aromatic carbocycles. The van der Waals surface area contributed by atoms with Crippen LogP contribution in [0.5, 0.6) is 0 Å². The van der Waals surface area contributed by atoms with Gasteiger partial charge in [-0.05, 0) is 48.2 Å². The van der Waals surface area contributed by atoms with Crippen molar-refractivity contribution in [3.05, 3.63) is 76.5 Å². The summed E-state index contributed by atoms with van der Waals surface area (Å²) in [6, 6.07) is 17.4. The lowest BCUT2D eigenvalue weighted by atomic mass is 10.2. The average Bonchev–Trinajstić information content (AvgIpc) is 3.41. The van der Waals surface area contributed by atoms with Crippen LogP contribution in [0.4, 0.5) is 5.95 Å². The lowest BCUT2D eigenvalue weighted by Crippen LogP contribution is -2.23. The highest BCUT2D eigenvalue weighted by Gasteiger charge is 2.18. The second-order valence-electron chi connectivity index (χ2n) is 6.96. The molecule has 0 aliphatic rings. The van der Waals surface area contributed by atoms with Crippen molar-refractivity contribution in [2.75, 3.05) is 5.32 Å². The molecule has 0 fully saturated rings. The molecule has 7 nitrogen and oxygen atoms in total. The maximum atomic E-state index is 12.9. The van der Waals surface area contributed by atoms with E-state index in [9.17, 15) is 13.2 Å². The van der Waals surface area contributed by atoms with Gasteiger partial charge in [0.1, 0.15) is 0 Å². The van der Waals surface area contributed by atoms with E-state index >= 15 is 0 Å². The molecule has 0 spiro atoms. The molecule has 0 atom stereocenters. The minimum absolute atomic E-state index is 0.0405. The molecule has 0 aliphatic carbocycles. The lowest BCUT2D eigenvalue weighted by Gasteiger charge is -2.10. The van der Waals surface area contributed by atoms with Crippen molar-refractivity contribution in [3.8, 4) is 0 Å². The van der Waals surface area contributed by atoms with Gasteiger partial charge in [-0.3, -0.25) is 10.1 Å². The number of aromatic nitrogens is 2. The van der Waals surface area contributed by atoms with Crippen LogP contribution in [-0.4, -0.2) is 23.9 Å². The molecule has 2 aromatic heterocycles. The number of anilines is 1. The topological polar surface area (TPSA) is 93.1 Å². The maximum Gasteiger partial charge on any atom is 0.258 e. The number of benzene rings is 2. The Labute approximate surface area is 184 Å². The Hall–Kier alpha value is -3.01. The molecule has 0 aliphatic heterocycles. The number of amides is 1. The number of sulfonamides is 1. The number of hydrogen-bond acceptors (Lipinski definition) is 5. The standard InChI is InChI=1S/C22H22N4O3S2/c1-2-12-26-20-11-4-3-10-19(20)24-22(26)25-21(27)16-7-5-9-18(14-16)31(28,29)23-15-17-8-6-13-30-17/h3-11,13-14,23H,2,12,15H2,1H3,(H,24,25,27). The molecule has 4 rings (SSSR count). The van der Waals surface area contributed by atoms with Gasteiger partial charge in [0.2, 0.25) is 16.0 Å². The van der Waals surface area contributed by atoms with Crippen molar-refractivity contribution in [2.24, 2.45) is 0 Å². The average molecular weight is 455 g/mol. The summed E-state index contributed by atoms with van der Waals surface area (Å²) in [5.41, 5.74) is 1.98. The molecule has 9 heteroatoms. The molecule has 4 aromatic rings. The molecule has 160 valence electrons. The zero-order chi connectivity index (χ0) is 21.8. The van der Waals surface area contributed by atoms with Crippen molar-refractivity contribution in [3.63, 3.8) is 0 Å². The van der Waals surface area contributed by atoms with Crippen molar-refractivity contribution >= 4 is 44.2 Å². The van der Waals surface area contributed by atoms with E-state index in [1.807, 2.05) is 46.3 Å². The van der Waals surface area contributed by atoms with Gasteiger partial charge in [-0.25, -0.2) is 18.1 Å². The first-order valence-corrected chi connectivity index (χ1v) is 12.2. The van der Waals surface area contributed by atoms with Crippen LogP contribution in [0.1, 0.15) is 28.6 Å². The molecule has 0 bridgehead atoms. The predicted octanol–water partition coefficient (Wildman–Crippen LogP) is 4.24. The second-order valence-corrected chi connectivity index (χ2v) is 9.76. The molecule has 2 N–H and O–H groups in total. The zero-order valence-electron chi connectivity index (χ0n) is 16.9. The first-order valence-electron chi connectivity index (χ1n) is 9.86. The van der Waals surface area contributed by atoms with Crippen LogP contribution in [-0.2, 0) is 23.1 Å². The smallest absolute Gasteiger partial charge is 0.258 e. The molecule has 0 saturated heterocycles. The monoisotopic (exact) mass is 454 g/mol. The van der Waals surface area contributed by atoms with Crippen LogP contribution >= 0.6 is 11.3 Å². The number of imidazole rings is 1. The van der Waals surface area contributed by atoms with Crippen LogP contribution in [0.3, 0.4) is 0 Å². The minimum Gasteiger partial charge on any atom is -0.310 e. The molecule has 2 heterocycles. The summed E-state index contributed by atoms with van der Waals surface area (Å²) >= 11 is 1.47. The highest BCUT2D eigenvalue weighted by Crippen LogP contribution is 2.21. The Kier molecular flexibility index (Phi) is 6.17. The number of nitrogens with one attached hydrogen (secondary N) is 2. The molecule has 0 radical (unpaired) electrons. The number of nitrogens with zero attached hydrogens (tertiary/aromatic N) is 2. The third-order valence-electron chi connectivity index (χ3n) is 4.75. The Balaban J connectivity index is 1.56. The highest BCUT2D eigenvalue weighted by atomic mass is 32.2. The van der Waals surface area contributed by atoms with E-state index in [2.05, 4.69) is 21.9 Å². The summed E-state index contributed by atoms with van der Waals surface area (Å²) in [4.78, 5) is 18.4. The van der Waals surface area contributed by atoms with E-state index in [-0.39, 0.29) is 17.0 Å². The highest BCUT2D eigenvalue weighted by molar-refractivity contribution is 7.89. The summed E-state index contributed by atoms with van der Waals surface area (Å²) in [5.74, 6) is 0.0279. The maximum absolute atomic E-state index is 12.9. The Morgan fingerprint density at radius 2 is 1.94 bits per heavy atom. The molecule has 31 heavy (non-hydrogen) atoms. The summed E-state index contributed by atoms with van der Waals surface area (Å²) in [5, 5.41) is 4.72. The van der Waals surface area contributed by atoms with Gasteiger partial charge in [0.25, 0.3) is 5.91 Å². The van der Waals surface area contributed by atoms with Gasteiger partial charge in [0, 0.05) is 23.5 Å². The van der Waals surface area contributed by atoms with Gasteiger partial charge in [-0.15, -0.1) is 11.3 Å². The van der Waals surface area contributed by atoms with E-state index in [0.717, 1.165) is 22.3 Å². The number of fused-ring (bicyclic) bond motifs is 1. The first-order chi connectivity index (χ1) is 15.0. The molecular weight excluding hydrogens is 432 g/mol. The summed E-state index contributed by atoms with van der Waals surface area (Å²) < 4.78 is 29.9. The Morgan fingerprint density at radius 1 is 1.10 bits per heavy atom. The fourth-order valence-electron chi connectivity index (χ4n) is 3.26. The summed E-state index contributed by atoms with van der Waals surface area (Å²) in [6.45, 7) is 2.96. The van der Waals surface area contributed by atoms with Gasteiger partial charge in [0.15, 0.2) is 0 Å². The first kappa shape index (κ1) is 21.2. The lowest BCUT2D eigenvalue weighted by molar-refractivity contribution is 0.102. The minimum atomic E-state index is -3.75. The normalized spacial score (nSPS) is 11.6.